The number of hydrogen-bond donors (Lipinski definition) is 0. The number of hydrogen-bond acceptors (Lipinski definition) is 3. The summed E-state index contributed by atoms with van der Waals surface area (Å²) in [6.45, 7) is 5.49. The Morgan fingerprint density at radius 2 is 2.00 bits per heavy atom. The first-order chi connectivity index (χ1) is 6.79. The van der Waals surface area contributed by atoms with Gasteiger partial charge in [-0.05, 0) is 12.8 Å². The van der Waals surface area contributed by atoms with Crippen LogP contribution in [0.15, 0.2) is 0 Å². The van der Waals surface area contributed by atoms with E-state index in [1.807, 2.05) is 0 Å². The van der Waals surface area contributed by atoms with E-state index in [4.69, 9.17) is 9.47 Å². The van der Waals surface area contributed by atoms with Gasteiger partial charge < -0.3 is 14.3 Å². The summed E-state index contributed by atoms with van der Waals surface area (Å²) in [6.07, 6.45) is 4.40. The quantitative estimate of drug-likeness (QED) is 0.616. The van der Waals surface area contributed by atoms with Crippen LogP contribution in [0.25, 0.3) is 0 Å². The first-order valence-electron chi connectivity index (χ1n) is 5.50. The van der Waals surface area contributed by atoms with Crippen molar-refractivity contribution in [3.63, 3.8) is 0 Å². The lowest BCUT2D eigenvalue weighted by Gasteiger charge is -2.33. The van der Waals surface area contributed by atoms with Crippen LogP contribution in [0.1, 0.15) is 39.5 Å². The summed E-state index contributed by atoms with van der Waals surface area (Å²) in [5.41, 5.74) is 0. The van der Waals surface area contributed by atoms with Crippen LogP contribution in [-0.2, 0) is 14.3 Å². The van der Waals surface area contributed by atoms with Crippen LogP contribution >= 0.6 is 0 Å². The van der Waals surface area contributed by atoms with Gasteiger partial charge in [0.1, 0.15) is 6.29 Å². The van der Waals surface area contributed by atoms with Gasteiger partial charge in [-0.15, -0.1) is 0 Å². The van der Waals surface area contributed by atoms with Gasteiger partial charge in [0.2, 0.25) is 0 Å². The highest BCUT2D eigenvalue weighted by Crippen LogP contribution is 2.35. The monoisotopic (exact) mass is 200 g/mol. The summed E-state index contributed by atoms with van der Waals surface area (Å²) in [4.78, 5) is 10.6. The Morgan fingerprint density at radius 3 is 2.43 bits per heavy atom. The van der Waals surface area contributed by atoms with Crippen LogP contribution in [-0.4, -0.2) is 25.3 Å². The molecule has 3 nitrogen and oxygen atoms in total. The first kappa shape index (κ1) is 11.7. The molecule has 1 heterocycles. The Morgan fingerprint density at radius 1 is 1.36 bits per heavy atom. The second kappa shape index (κ2) is 5.47. The minimum absolute atomic E-state index is 0.220. The Hall–Kier alpha value is -0.410. The van der Waals surface area contributed by atoms with Crippen molar-refractivity contribution in [3.05, 3.63) is 0 Å². The summed E-state index contributed by atoms with van der Waals surface area (Å²) in [5, 5.41) is 0. The zero-order chi connectivity index (χ0) is 10.4. The molecule has 1 aliphatic rings. The number of ether oxygens (including phenoxy) is 2. The molecular weight excluding hydrogens is 180 g/mol. The molecule has 0 aliphatic carbocycles. The zero-order valence-electron chi connectivity index (χ0n) is 9.12. The van der Waals surface area contributed by atoms with E-state index in [2.05, 4.69) is 13.8 Å². The van der Waals surface area contributed by atoms with Gasteiger partial charge in [-0.2, -0.15) is 0 Å². The molecule has 1 saturated heterocycles. The summed E-state index contributed by atoms with van der Waals surface area (Å²) >= 11 is 0. The first-order valence-corrected chi connectivity index (χ1v) is 5.50. The van der Waals surface area contributed by atoms with Crippen LogP contribution in [0, 0.1) is 5.92 Å². The van der Waals surface area contributed by atoms with Crippen molar-refractivity contribution >= 4 is 6.29 Å². The van der Waals surface area contributed by atoms with E-state index in [-0.39, 0.29) is 5.92 Å². The Labute approximate surface area is 85.8 Å². The van der Waals surface area contributed by atoms with Gasteiger partial charge in [-0.3, -0.25) is 0 Å². The van der Waals surface area contributed by atoms with E-state index in [9.17, 15) is 4.79 Å². The molecule has 1 rings (SSSR count). The molecule has 1 unspecified atom stereocenters. The van der Waals surface area contributed by atoms with Crippen molar-refractivity contribution in [2.75, 3.05) is 13.2 Å². The minimum Gasteiger partial charge on any atom is -0.347 e. The number of carbonyl (C=O) groups excluding carboxylic acids is 1. The molecule has 0 radical (unpaired) electrons. The number of rotatable bonds is 6. The average Bonchev–Trinajstić information content (AvgIpc) is 2.67. The average molecular weight is 200 g/mol. The van der Waals surface area contributed by atoms with Crippen LogP contribution in [0.2, 0.25) is 0 Å². The molecule has 0 bridgehead atoms. The van der Waals surface area contributed by atoms with Crippen LogP contribution in [0.5, 0.6) is 0 Å². The third kappa shape index (κ3) is 2.34. The van der Waals surface area contributed by atoms with Gasteiger partial charge in [0.25, 0.3) is 0 Å². The van der Waals surface area contributed by atoms with Crippen molar-refractivity contribution in [1.29, 1.82) is 0 Å². The SMILES string of the molecule is CCCC(CC=O)C1(CC)OCCO1. The highest BCUT2D eigenvalue weighted by molar-refractivity contribution is 5.50. The fourth-order valence-electron chi connectivity index (χ4n) is 2.18. The van der Waals surface area contributed by atoms with E-state index in [0.29, 0.717) is 19.6 Å². The fourth-order valence-corrected chi connectivity index (χ4v) is 2.18. The van der Waals surface area contributed by atoms with E-state index >= 15 is 0 Å². The molecule has 0 amide bonds. The molecule has 0 aromatic carbocycles. The topological polar surface area (TPSA) is 35.5 Å². The predicted octanol–water partition coefficient (Wildman–Crippen LogP) is 2.14. The molecule has 0 N–H and O–H groups in total. The van der Waals surface area contributed by atoms with Crippen LogP contribution in [0.4, 0.5) is 0 Å². The maximum Gasteiger partial charge on any atom is 0.171 e. The maximum absolute atomic E-state index is 10.6. The second-order valence-corrected chi connectivity index (χ2v) is 3.75. The third-order valence-corrected chi connectivity index (χ3v) is 2.91. The number of aldehydes is 1. The van der Waals surface area contributed by atoms with Gasteiger partial charge >= 0.3 is 0 Å². The lowest BCUT2D eigenvalue weighted by molar-refractivity contribution is -0.199. The smallest absolute Gasteiger partial charge is 0.171 e. The molecule has 1 atom stereocenters. The standard InChI is InChI=1S/C11H20O3/c1-3-5-10(6-7-12)11(4-2)13-8-9-14-11/h7,10H,3-6,8-9H2,1-2H3. The van der Waals surface area contributed by atoms with E-state index < -0.39 is 5.79 Å². The van der Waals surface area contributed by atoms with Crippen LogP contribution < -0.4 is 0 Å². The predicted molar refractivity (Wildman–Crippen MR) is 54.0 cm³/mol. The molecular formula is C11H20O3. The summed E-state index contributed by atoms with van der Waals surface area (Å²) < 4.78 is 11.4. The molecule has 0 spiro atoms. The molecule has 14 heavy (non-hydrogen) atoms. The summed E-state index contributed by atoms with van der Waals surface area (Å²) in [7, 11) is 0. The van der Waals surface area contributed by atoms with Gasteiger partial charge in [0.15, 0.2) is 5.79 Å². The van der Waals surface area contributed by atoms with Crippen molar-refractivity contribution < 1.29 is 14.3 Å². The third-order valence-electron chi connectivity index (χ3n) is 2.91. The molecule has 0 saturated carbocycles. The Kier molecular flexibility index (Phi) is 4.55. The van der Waals surface area contributed by atoms with Crippen molar-refractivity contribution in [2.45, 2.75) is 45.3 Å². The lowest BCUT2D eigenvalue weighted by Crippen LogP contribution is -2.38. The zero-order valence-corrected chi connectivity index (χ0v) is 9.12. The highest BCUT2D eigenvalue weighted by atomic mass is 16.7. The van der Waals surface area contributed by atoms with Gasteiger partial charge in [-0.1, -0.05) is 20.3 Å². The van der Waals surface area contributed by atoms with Crippen LogP contribution in [0.3, 0.4) is 0 Å². The van der Waals surface area contributed by atoms with E-state index in [1.54, 1.807) is 0 Å². The largest absolute Gasteiger partial charge is 0.347 e. The number of carbonyl (C=O) groups is 1. The highest BCUT2D eigenvalue weighted by Gasteiger charge is 2.41. The molecule has 3 heteroatoms. The fraction of sp³-hybridized carbons (Fsp3) is 0.909. The van der Waals surface area contributed by atoms with Gasteiger partial charge in [0, 0.05) is 12.3 Å². The maximum atomic E-state index is 10.6. The van der Waals surface area contributed by atoms with E-state index in [0.717, 1.165) is 25.5 Å². The molecule has 0 aromatic heterocycles. The second-order valence-electron chi connectivity index (χ2n) is 3.75. The molecule has 0 aromatic rings. The molecule has 1 aliphatic heterocycles. The molecule has 1 fully saturated rings. The Bertz CT molecular complexity index is 173. The van der Waals surface area contributed by atoms with Crippen molar-refractivity contribution in [1.82, 2.24) is 0 Å². The Balaban J connectivity index is 2.65. The summed E-state index contributed by atoms with van der Waals surface area (Å²) in [5.74, 6) is -0.255. The summed E-state index contributed by atoms with van der Waals surface area (Å²) in [6, 6.07) is 0. The van der Waals surface area contributed by atoms with Gasteiger partial charge in [0.05, 0.1) is 13.2 Å². The van der Waals surface area contributed by atoms with E-state index in [1.165, 1.54) is 0 Å². The van der Waals surface area contributed by atoms with Crippen molar-refractivity contribution in [3.8, 4) is 0 Å². The lowest BCUT2D eigenvalue weighted by atomic mass is 9.89. The van der Waals surface area contributed by atoms with Crippen molar-refractivity contribution in [2.24, 2.45) is 5.92 Å². The normalized spacial score (nSPS) is 22.1. The minimum atomic E-state index is -0.475. The van der Waals surface area contributed by atoms with Gasteiger partial charge in [-0.25, -0.2) is 0 Å². The molecule has 82 valence electrons.